The van der Waals surface area contributed by atoms with Crippen LogP contribution in [0.1, 0.15) is 65.7 Å². The molecule has 124 valence electrons. The SMILES string of the molecule is CCCOCCOC1(CNC2CC2)CCC(C(C)C)CC1. The third-order valence-corrected chi connectivity index (χ3v) is 5.16. The minimum atomic E-state index is 0.0730. The number of hydrogen-bond acceptors (Lipinski definition) is 3. The van der Waals surface area contributed by atoms with E-state index in [-0.39, 0.29) is 5.60 Å². The average molecular weight is 297 g/mol. The van der Waals surface area contributed by atoms with Gasteiger partial charge in [-0.2, -0.15) is 0 Å². The lowest BCUT2D eigenvalue weighted by atomic mass is 9.74. The van der Waals surface area contributed by atoms with E-state index >= 15 is 0 Å². The molecule has 0 saturated heterocycles. The second kappa shape index (κ2) is 8.50. The van der Waals surface area contributed by atoms with Crippen molar-refractivity contribution in [2.24, 2.45) is 11.8 Å². The highest BCUT2D eigenvalue weighted by Crippen LogP contribution is 2.38. The van der Waals surface area contributed by atoms with Crippen LogP contribution in [0.3, 0.4) is 0 Å². The third kappa shape index (κ3) is 5.88. The quantitative estimate of drug-likeness (QED) is 0.623. The molecule has 2 saturated carbocycles. The molecular formula is C18H35NO2. The maximum atomic E-state index is 6.34. The van der Waals surface area contributed by atoms with E-state index in [4.69, 9.17) is 9.47 Å². The number of nitrogens with one attached hydrogen (secondary N) is 1. The normalized spacial score (nSPS) is 30.0. The lowest BCUT2D eigenvalue weighted by Crippen LogP contribution is -2.47. The van der Waals surface area contributed by atoms with Crippen LogP contribution >= 0.6 is 0 Å². The molecule has 0 heterocycles. The average Bonchev–Trinajstić information content (AvgIpc) is 3.30. The molecule has 0 aromatic rings. The fourth-order valence-corrected chi connectivity index (χ4v) is 3.39. The molecule has 1 N–H and O–H groups in total. The van der Waals surface area contributed by atoms with Gasteiger partial charge in [-0.1, -0.05) is 20.8 Å². The first-order valence-corrected chi connectivity index (χ1v) is 9.10. The van der Waals surface area contributed by atoms with Gasteiger partial charge in [-0.15, -0.1) is 0 Å². The van der Waals surface area contributed by atoms with E-state index in [1.807, 2.05) is 0 Å². The van der Waals surface area contributed by atoms with Gasteiger partial charge in [0.2, 0.25) is 0 Å². The van der Waals surface area contributed by atoms with Crippen molar-refractivity contribution in [2.45, 2.75) is 77.4 Å². The minimum absolute atomic E-state index is 0.0730. The van der Waals surface area contributed by atoms with Crippen molar-refractivity contribution in [1.82, 2.24) is 5.32 Å². The topological polar surface area (TPSA) is 30.5 Å². The summed E-state index contributed by atoms with van der Waals surface area (Å²) in [6.45, 7) is 10.3. The predicted octanol–water partition coefficient (Wildman–Crippen LogP) is 3.77. The molecule has 21 heavy (non-hydrogen) atoms. The van der Waals surface area contributed by atoms with E-state index < -0.39 is 0 Å². The van der Waals surface area contributed by atoms with Gasteiger partial charge in [0.05, 0.1) is 18.8 Å². The van der Waals surface area contributed by atoms with Gasteiger partial charge >= 0.3 is 0 Å². The molecule has 0 spiro atoms. The van der Waals surface area contributed by atoms with Gasteiger partial charge in [0.1, 0.15) is 0 Å². The lowest BCUT2D eigenvalue weighted by molar-refractivity contribution is -0.0952. The molecule has 2 rings (SSSR count). The maximum Gasteiger partial charge on any atom is 0.0807 e. The van der Waals surface area contributed by atoms with E-state index in [2.05, 4.69) is 26.1 Å². The summed E-state index contributed by atoms with van der Waals surface area (Å²) < 4.78 is 11.9. The Hall–Kier alpha value is -0.120. The second-order valence-electron chi connectivity index (χ2n) is 7.38. The van der Waals surface area contributed by atoms with Gasteiger partial charge in [-0.25, -0.2) is 0 Å². The molecule has 0 unspecified atom stereocenters. The Labute approximate surface area is 131 Å². The van der Waals surface area contributed by atoms with E-state index in [0.29, 0.717) is 0 Å². The van der Waals surface area contributed by atoms with Crippen LogP contribution in [0.2, 0.25) is 0 Å². The maximum absolute atomic E-state index is 6.34. The highest BCUT2D eigenvalue weighted by atomic mass is 16.5. The summed E-state index contributed by atoms with van der Waals surface area (Å²) in [5.41, 5.74) is 0.0730. The molecule has 0 atom stereocenters. The zero-order valence-corrected chi connectivity index (χ0v) is 14.3. The molecule has 0 amide bonds. The van der Waals surface area contributed by atoms with Crippen LogP contribution in [0.25, 0.3) is 0 Å². The van der Waals surface area contributed by atoms with Crippen LogP contribution in [0.5, 0.6) is 0 Å². The monoisotopic (exact) mass is 297 g/mol. The summed E-state index contributed by atoms with van der Waals surface area (Å²) in [6.07, 6.45) is 8.85. The summed E-state index contributed by atoms with van der Waals surface area (Å²) in [5.74, 6) is 1.70. The van der Waals surface area contributed by atoms with Crippen LogP contribution in [-0.2, 0) is 9.47 Å². The minimum Gasteiger partial charge on any atom is -0.379 e. The molecule has 2 aliphatic carbocycles. The van der Waals surface area contributed by atoms with Gasteiger partial charge in [-0.05, 0) is 56.8 Å². The van der Waals surface area contributed by atoms with Crippen molar-refractivity contribution in [3.05, 3.63) is 0 Å². The molecule has 0 aliphatic heterocycles. The van der Waals surface area contributed by atoms with Crippen molar-refractivity contribution in [3.8, 4) is 0 Å². The lowest BCUT2D eigenvalue weighted by Gasteiger charge is -2.41. The first-order valence-electron chi connectivity index (χ1n) is 9.10. The van der Waals surface area contributed by atoms with Gasteiger partial charge < -0.3 is 14.8 Å². The van der Waals surface area contributed by atoms with Gasteiger partial charge in [0, 0.05) is 19.2 Å². The molecule has 2 aliphatic rings. The summed E-state index contributed by atoms with van der Waals surface area (Å²) in [6, 6.07) is 0.768. The molecule has 0 radical (unpaired) electrons. The van der Waals surface area contributed by atoms with E-state index in [9.17, 15) is 0 Å². The molecule has 0 aromatic carbocycles. The standard InChI is InChI=1S/C18H35NO2/c1-4-11-20-12-13-21-18(14-19-17-5-6-17)9-7-16(8-10-18)15(2)3/h15-17,19H,4-14H2,1-3H3. The van der Waals surface area contributed by atoms with E-state index in [0.717, 1.165) is 50.7 Å². The highest BCUT2D eigenvalue weighted by molar-refractivity contribution is 4.93. The van der Waals surface area contributed by atoms with Gasteiger partial charge in [0.25, 0.3) is 0 Å². The Morgan fingerprint density at radius 1 is 1.05 bits per heavy atom. The first kappa shape index (κ1) is 17.2. The third-order valence-electron chi connectivity index (χ3n) is 5.16. The number of hydrogen-bond donors (Lipinski definition) is 1. The smallest absolute Gasteiger partial charge is 0.0807 e. The zero-order valence-electron chi connectivity index (χ0n) is 14.3. The summed E-state index contributed by atoms with van der Waals surface area (Å²) in [4.78, 5) is 0. The summed E-state index contributed by atoms with van der Waals surface area (Å²) >= 11 is 0. The number of ether oxygens (including phenoxy) is 2. The molecule has 3 heteroatoms. The van der Waals surface area contributed by atoms with Crippen molar-refractivity contribution in [1.29, 1.82) is 0 Å². The number of rotatable bonds is 10. The second-order valence-corrected chi connectivity index (χ2v) is 7.38. The Bertz CT molecular complexity index is 281. The summed E-state index contributed by atoms with van der Waals surface area (Å²) in [5, 5.41) is 3.70. The Kier molecular flexibility index (Phi) is 6.97. The fourth-order valence-electron chi connectivity index (χ4n) is 3.39. The first-order chi connectivity index (χ1) is 10.2. The van der Waals surface area contributed by atoms with Crippen molar-refractivity contribution < 1.29 is 9.47 Å². The van der Waals surface area contributed by atoms with E-state index in [1.54, 1.807) is 0 Å². The Morgan fingerprint density at radius 3 is 2.33 bits per heavy atom. The van der Waals surface area contributed by atoms with Crippen molar-refractivity contribution in [3.63, 3.8) is 0 Å². The Morgan fingerprint density at radius 2 is 1.76 bits per heavy atom. The van der Waals surface area contributed by atoms with Gasteiger partial charge in [0.15, 0.2) is 0 Å². The Balaban J connectivity index is 1.76. The summed E-state index contributed by atoms with van der Waals surface area (Å²) in [7, 11) is 0. The van der Waals surface area contributed by atoms with E-state index in [1.165, 1.54) is 38.5 Å². The zero-order chi connectivity index (χ0) is 15.1. The van der Waals surface area contributed by atoms with Crippen LogP contribution in [0, 0.1) is 11.8 Å². The van der Waals surface area contributed by atoms with Crippen LogP contribution in [0.15, 0.2) is 0 Å². The fraction of sp³-hybridized carbons (Fsp3) is 1.00. The van der Waals surface area contributed by atoms with Crippen molar-refractivity contribution in [2.75, 3.05) is 26.4 Å². The van der Waals surface area contributed by atoms with Crippen molar-refractivity contribution >= 4 is 0 Å². The predicted molar refractivity (Wildman–Crippen MR) is 87.6 cm³/mol. The molecule has 2 fully saturated rings. The molecule has 3 nitrogen and oxygen atoms in total. The molecule has 0 bridgehead atoms. The largest absolute Gasteiger partial charge is 0.379 e. The van der Waals surface area contributed by atoms with Crippen LogP contribution in [0.4, 0.5) is 0 Å². The van der Waals surface area contributed by atoms with Crippen LogP contribution in [-0.4, -0.2) is 38.0 Å². The molecule has 0 aromatic heterocycles. The molecular weight excluding hydrogens is 262 g/mol. The highest BCUT2D eigenvalue weighted by Gasteiger charge is 2.38. The van der Waals surface area contributed by atoms with Crippen LogP contribution < -0.4 is 5.32 Å². The van der Waals surface area contributed by atoms with Gasteiger partial charge in [-0.3, -0.25) is 0 Å².